The van der Waals surface area contributed by atoms with E-state index < -0.39 is 0 Å². The Morgan fingerprint density at radius 2 is 1.81 bits per heavy atom. The molecule has 5 rings (SSSR count). The predicted molar refractivity (Wildman–Crippen MR) is 99.2 cm³/mol. The van der Waals surface area contributed by atoms with Crippen LogP contribution in [0.4, 0.5) is 5.82 Å². The summed E-state index contributed by atoms with van der Waals surface area (Å²) >= 11 is 0. The van der Waals surface area contributed by atoms with Crippen LogP contribution in [-0.2, 0) is 5.41 Å². The first-order valence-corrected chi connectivity index (χ1v) is 9.26. The van der Waals surface area contributed by atoms with Gasteiger partial charge in [0.15, 0.2) is 5.82 Å². The van der Waals surface area contributed by atoms with E-state index in [-0.39, 0.29) is 5.41 Å². The summed E-state index contributed by atoms with van der Waals surface area (Å²) in [6.45, 7) is 2.09. The molecule has 0 N–H and O–H groups in total. The van der Waals surface area contributed by atoms with Gasteiger partial charge < -0.3 is 4.90 Å². The minimum absolute atomic E-state index is 0.324. The summed E-state index contributed by atoms with van der Waals surface area (Å²) in [7, 11) is 0. The quantitative estimate of drug-likeness (QED) is 0.728. The number of hydrogen-bond acceptors (Lipinski definition) is 5. The molecule has 2 fully saturated rings. The summed E-state index contributed by atoms with van der Waals surface area (Å²) in [5, 5.41) is 15.3. The van der Waals surface area contributed by atoms with Crippen molar-refractivity contribution in [3.8, 4) is 11.9 Å². The molecular weight excluding hydrogens is 324 g/mol. The molecule has 6 nitrogen and oxygen atoms in total. The summed E-state index contributed by atoms with van der Waals surface area (Å²) in [6, 6.07) is 10.8. The van der Waals surface area contributed by atoms with E-state index >= 15 is 0 Å². The number of fused-ring (bicyclic) bond motifs is 1. The number of rotatable bonds is 3. The summed E-state index contributed by atoms with van der Waals surface area (Å²) < 4.78 is 1.86. The van der Waals surface area contributed by atoms with Gasteiger partial charge in [-0.3, -0.25) is 0 Å². The first-order valence-electron chi connectivity index (χ1n) is 9.26. The van der Waals surface area contributed by atoms with Crippen molar-refractivity contribution < 1.29 is 0 Å². The molecule has 1 aromatic carbocycles. The lowest BCUT2D eigenvalue weighted by molar-refractivity contribution is 0.324. The fourth-order valence-electron chi connectivity index (χ4n) is 4.07. The molecule has 1 saturated heterocycles. The molecule has 2 aliphatic rings. The van der Waals surface area contributed by atoms with E-state index in [4.69, 9.17) is 0 Å². The third kappa shape index (κ3) is 2.27. The number of anilines is 1. The van der Waals surface area contributed by atoms with Gasteiger partial charge in [-0.15, -0.1) is 0 Å². The van der Waals surface area contributed by atoms with Crippen LogP contribution in [-0.4, -0.2) is 32.8 Å². The summed E-state index contributed by atoms with van der Waals surface area (Å²) in [4.78, 5) is 11.2. The minimum atomic E-state index is -0.324. The van der Waals surface area contributed by atoms with Gasteiger partial charge >= 0.3 is 0 Å². The highest BCUT2D eigenvalue weighted by Gasteiger charge is 2.39. The Hall–Kier alpha value is -2.94. The third-order valence-corrected chi connectivity index (χ3v) is 5.83. The zero-order valence-electron chi connectivity index (χ0n) is 14.6. The van der Waals surface area contributed by atoms with Crippen LogP contribution in [0.25, 0.3) is 16.7 Å². The molecule has 1 saturated carbocycles. The number of nitrogens with zero attached hydrogens (tertiary/aromatic N) is 6. The standard InChI is InChI=1S/C20H20N6/c21-13-20(6-3-7-20)16-5-4-15-12-24-26(17(15)10-16)19-11-18(22-14-23-19)25-8-1-2-9-25/h4-5,10-12,14H,1-3,6-9H2. The Morgan fingerprint density at radius 1 is 1.00 bits per heavy atom. The van der Waals surface area contributed by atoms with Gasteiger partial charge in [0.05, 0.1) is 23.2 Å². The van der Waals surface area contributed by atoms with Crippen LogP contribution in [0.15, 0.2) is 36.8 Å². The van der Waals surface area contributed by atoms with E-state index in [1.807, 2.05) is 16.9 Å². The predicted octanol–water partition coefficient (Wildman–Crippen LogP) is 3.36. The van der Waals surface area contributed by atoms with Crippen LogP contribution in [0.5, 0.6) is 0 Å². The Labute approximate surface area is 152 Å². The molecule has 26 heavy (non-hydrogen) atoms. The molecule has 1 aliphatic carbocycles. The lowest BCUT2D eigenvalue weighted by Gasteiger charge is -2.35. The molecule has 0 radical (unpaired) electrons. The second-order valence-electron chi connectivity index (χ2n) is 7.31. The smallest absolute Gasteiger partial charge is 0.159 e. The average molecular weight is 344 g/mol. The van der Waals surface area contributed by atoms with Crippen molar-refractivity contribution >= 4 is 16.7 Å². The van der Waals surface area contributed by atoms with Gasteiger partial charge in [-0.05, 0) is 43.7 Å². The lowest BCUT2D eigenvalue weighted by atomic mass is 9.65. The largest absolute Gasteiger partial charge is 0.356 e. The van der Waals surface area contributed by atoms with Gasteiger partial charge in [0.1, 0.15) is 12.1 Å². The van der Waals surface area contributed by atoms with Crippen molar-refractivity contribution in [1.82, 2.24) is 19.7 Å². The van der Waals surface area contributed by atoms with Gasteiger partial charge in [-0.2, -0.15) is 10.4 Å². The molecule has 0 spiro atoms. The number of hydrogen-bond donors (Lipinski definition) is 0. The normalized spacial score (nSPS) is 18.7. The van der Waals surface area contributed by atoms with Crippen LogP contribution in [0, 0.1) is 11.3 Å². The molecule has 0 unspecified atom stereocenters. The molecule has 0 atom stereocenters. The van der Waals surface area contributed by atoms with Crippen molar-refractivity contribution in [2.75, 3.05) is 18.0 Å². The summed E-state index contributed by atoms with van der Waals surface area (Å²) in [5.74, 6) is 1.73. The van der Waals surface area contributed by atoms with E-state index in [1.54, 1.807) is 6.33 Å². The molecule has 1 aliphatic heterocycles. The molecule has 3 heterocycles. The van der Waals surface area contributed by atoms with E-state index in [2.05, 4.69) is 44.2 Å². The van der Waals surface area contributed by atoms with Gasteiger partial charge in [0.25, 0.3) is 0 Å². The van der Waals surface area contributed by atoms with Crippen molar-refractivity contribution in [3.05, 3.63) is 42.4 Å². The number of aromatic nitrogens is 4. The molecule has 0 amide bonds. The second kappa shape index (κ2) is 5.80. The zero-order chi connectivity index (χ0) is 17.6. The maximum absolute atomic E-state index is 9.66. The molecular formula is C20H20N6. The van der Waals surface area contributed by atoms with E-state index in [1.165, 1.54) is 12.8 Å². The first-order chi connectivity index (χ1) is 12.8. The Kier molecular flexibility index (Phi) is 3.42. The molecule has 3 aromatic rings. The fourth-order valence-corrected chi connectivity index (χ4v) is 4.07. The van der Waals surface area contributed by atoms with Crippen molar-refractivity contribution in [1.29, 1.82) is 5.26 Å². The SMILES string of the molecule is N#CC1(c2ccc3cnn(-c4cc(N5CCCC5)ncn4)c3c2)CCC1. The van der Waals surface area contributed by atoms with Crippen LogP contribution < -0.4 is 4.90 Å². The van der Waals surface area contributed by atoms with Gasteiger partial charge in [-0.25, -0.2) is 14.6 Å². The van der Waals surface area contributed by atoms with Crippen LogP contribution in [0.1, 0.15) is 37.7 Å². The highest BCUT2D eigenvalue weighted by molar-refractivity contribution is 5.81. The fraction of sp³-hybridized carbons (Fsp3) is 0.400. The zero-order valence-corrected chi connectivity index (χ0v) is 14.6. The van der Waals surface area contributed by atoms with E-state index in [9.17, 15) is 5.26 Å². The lowest BCUT2D eigenvalue weighted by Crippen LogP contribution is -2.32. The number of nitriles is 1. The topological polar surface area (TPSA) is 70.6 Å². The molecule has 6 heteroatoms. The van der Waals surface area contributed by atoms with E-state index in [0.717, 1.165) is 60.5 Å². The van der Waals surface area contributed by atoms with Gasteiger partial charge in [-0.1, -0.05) is 12.1 Å². The third-order valence-electron chi connectivity index (χ3n) is 5.83. The van der Waals surface area contributed by atoms with Crippen molar-refractivity contribution in [2.45, 2.75) is 37.5 Å². The Morgan fingerprint density at radius 3 is 2.54 bits per heavy atom. The monoisotopic (exact) mass is 344 g/mol. The average Bonchev–Trinajstić information content (AvgIpc) is 3.31. The number of benzene rings is 1. The molecule has 130 valence electrons. The van der Waals surface area contributed by atoms with Crippen LogP contribution in [0.3, 0.4) is 0 Å². The summed E-state index contributed by atoms with van der Waals surface area (Å²) in [6.07, 6.45) is 8.90. The van der Waals surface area contributed by atoms with Gasteiger partial charge in [0.2, 0.25) is 0 Å². The first kappa shape index (κ1) is 15.3. The van der Waals surface area contributed by atoms with Crippen molar-refractivity contribution in [2.24, 2.45) is 0 Å². The van der Waals surface area contributed by atoms with Crippen LogP contribution >= 0.6 is 0 Å². The Bertz CT molecular complexity index is 1000. The molecule has 2 aromatic heterocycles. The maximum atomic E-state index is 9.66. The van der Waals surface area contributed by atoms with Crippen molar-refractivity contribution in [3.63, 3.8) is 0 Å². The van der Waals surface area contributed by atoms with E-state index in [0.29, 0.717) is 0 Å². The highest BCUT2D eigenvalue weighted by atomic mass is 15.3. The van der Waals surface area contributed by atoms with Gasteiger partial charge in [0, 0.05) is 24.5 Å². The molecule has 0 bridgehead atoms. The minimum Gasteiger partial charge on any atom is -0.356 e. The summed E-state index contributed by atoms with van der Waals surface area (Å²) in [5.41, 5.74) is 1.76. The highest BCUT2D eigenvalue weighted by Crippen LogP contribution is 2.43. The Balaban J connectivity index is 1.59. The second-order valence-corrected chi connectivity index (χ2v) is 7.31. The van der Waals surface area contributed by atoms with Crippen LogP contribution in [0.2, 0.25) is 0 Å². The maximum Gasteiger partial charge on any atom is 0.159 e.